The summed E-state index contributed by atoms with van der Waals surface area (Å²) < 4.78 is 0. The van der Waals surface area contributed by atoms with Crippen molar-refractivity contribution in [3.8, 4) is 0 Å². The molecule has 1 saturated carbocycles. The van der Waals surface area contributed by atoms with Gasteiger partial charge in [0.25, 0.3) is 0 Å². The molecule has 94 valence electrons. The summed E-state index contributed by atoms with van der Waals surface area (Å²) in [6.07, 6.45) is 6.58. The van der Waals surface area contributed by atoms with E-state index >= 15 is 0 Å². The van der Waals surface area contributed by atoms with Gasteiger partial charge in [-0.3, -0.25) is 4.79 Å². The fourth-order valence-corrected chi connectivity index (χ4v) is 2.51. The molecular formula is C13H26N2O. The second kappa shape index (κ2) is 6.89. The van der Waals surface area contributed by atoms with Gasteiger partial charge in [0.2, 0.25) is 5.91 Å². The van der Waals surface area contributed by atoms with Gasteiger partial charge in [-0.15, -0.1) is 0 Å². The van der Waals surface area contributed by atoms with Crippen LogP contribution in [0.2, 0.25) is 0 Å². The zero-order valence-electron chi connectivity index (χ0n) is 10.7. The third-order valence-electron chi connectivity index (χ3n) is 3.72. The maximum Gasteiger partial charge on any atom is 0.224 e. The molecule has 0 aromatic heterocycles. The Kier molecular flexibility index (Phi) is 5.81. The smallest absolute Gasteiger partial charge is 0.224 e. The zero-order chi connectivity index (χ0) is 12.0. The molecule has 3 heteroatoms. The largest absolute Gasteiger partial charge is 0.356 e. The van der Waals surface area contributed by atoms with Crippen LogP contribution in [0.1, 0.15) is 46.0 Å². The molecule has 0 radical (unpaired) electrons. The second-order valence-electron chi connectivity index (χ2n) is 5.32. The van der Waals surface area contributed by atoms with Gasteiger partial charge in [-0.05, 0) is 18.3 Å². The lowest BCUT2D eigenvalue weighted by atomic mass is 9.95. The third kappa shape index (κ3) is 4.12. The van der Waals surface area contributed by atoms with Gasteiger partial charge >= 0.3 is 0 Å². The van der Waals surface area contributed by atoms with Gasteiger partial charge in [0.15, 0.2) is 0 Å². The van der Waals surface area contributed by atoms with Crippen LogP contribution in [0.5, 0.6) is 0 Å². The van der Waals surface area contributed by atoms with E-state index in [-0.39, 0.29) is 11.8 Å². The summed E-state index contributed by atoms with van der Waals surface area (Å²) in [5, 5.41) is 3.02. The summed E-state index contributed by atoms with van der Waals surface area (Å²) in [6, 6.07) is 0. The van der Waals surface area contributed by atoms with Gasteiger partial charge in [0.05, 0.1) is 5.92 Å². The molecule has 0 saturated heterocycles. The first-order valence-corrected chi connectivity index (χ1v) is 6.63. The lowest BCUT2D eigenvalue weighted by Gasteiger charge is -2.18. The molecule has 16 heavy (non-hydrogen) atoms. The topological polar surface area (TPSA) is 55.1 Å². The Labute approximate surface area is 99.2 Å². The Hall–Kier alpha value is -0.570. The maximum atomic E-state index is 11.8. The van der Waals surface area contributed by atoms with Crippen molar-refractivity contribution in [3.63, 3.8) is 0 Å². The predicted octanol–water partition coefficient (Wildman–Crippen LogP) is 1.91. The van der Waals surface area contributed by atoms with E-state index in [0.717, 1.165) is 18.9 Å². The summed E-state index contributed by atoms with van der Waals surface area (Å²) in [7, 11) is 0. The molecular weight excluding hydrogens is 200 g/mol. The van der Waals surface area contributed by atoms with Crippen LogP contribution < -0.4 is 11.1 Å². The average molecular weight is 226 g/mol. The molecule has 1 aliphatic carbocycles. The van der Waals surface area contributed by atoms with Crippen molar-refractivity contribution in [2.24, 2.45) is 23.5 Å². The molecule has 1 unspecified atom stereocenters. The van der Waals surface area contributed by atoms with E-state index in [1.807, 2.05) is 13.8 Å². The fraction of sp³-hybridized carbons (Fsp3) is 0.923. The molecule has 0 heterocycles. The summed E-state index contributed by atoms with van der Waals surface area (Å²) in [6.45, 7) is 5.38. The van der Waals surface area contributed by atoms with E-state index in [4.69, 9.17) is 5.73 Å². The average Bonchev–Trinajstić information content (AvgIpc) is 2.71. The molecule has 1 fully saturated rings. The lowest BCUT2D eigenvalue weighted by molar-refractivity contribution is -0.125. The van der Waals surface area contributed by atoms with E-state index in [1.165, 1.54) is 25.7 Å². The van der Waals surface area contributed by atoms with E-state index < -0.39 is 0 Å². The van der Waals surface area contributed by atoms with Crippen molar-refractivity contribution in [2.75, 3.05) is 13.1 Å². The maximum absolute atomic E-state index is 11.8. The minimum atomic E-state index is -0.0245. The highest BCUT2D eigenvalue weighted by Crippen LogP contribution is 2.26. The summed E-state index contributed by atoms with van der Waals surface area (Å²) in [5.74, 6) is 1.28. The van der Waals surface area contributed by atoms with Gasteiger partial charge in [-0.1, -0.05) is 39.5 Å². The normalized spacial score (nSPS) is 19.0. The number of rotatable bonds is 6. The highest BCUT2D eigenvalue weighted by atomic mass is 16.1. The first kappa shape index (κ1) is 13.5. The quantitative estimate of drug-likeness (QED) is 0.727. The number of nitrogens with two attached hydrogens (primary N) is 1. The first-order valence-electron chi connectivity index (χ1n) is 6.63. The molecule has 0 aromatic carbocycles. The van der Waals surface area contributed by atoms with Gasteiger partial charge < -0.3 is 11.1 Å². The SMILES string of the molecule is CC(C)C(CN)C(=O)NCCC1CCCC1. The minimum Gasteiger partial charge on any atom is -0.356 e. The van der Waals surface area contributed by atoms with Crippen molar-refractivity contribution in [3.05, 3.63) is 0 Å². The highest BCUT2D eigenvalue weighted by molar-refractivity contribution is 5.79. The minimum absolute atomic E-state index is 0.0245. The fourth-order valence-electron chi connectivity index (χ4n) is 2.51. The first-order chi connectivity index (χ1) is 7.65. The monoisotopic (exact) mass is 226 g/mol. The molecule has 1 amide bonds. The van der Waals surface area contributed by atoms with E-state index in [1.54, 1.807) is 0 Å². The van der Waals surface area contributed by atoms with E-state index in [0.29, 0.717) is 12.5 Å². The molecule has 1 rings (SSSR count). The number of hydrogen-bond donors (Lipinski definition) is 2. The zero-order valence-corrected chi connectivity index (χ0v) is 10.7. The molecule has 3 nitrogen and oxygen atoms in total. The number of carbonyl (C=O) groups excluding carboxylic acids is 1. The predicted molar refractivity (Wildman–Crippen MR) is 67.0 cm³/mol. The summed E-state index contributed by atoms with van der Waals surface area (Å²) >= 11 is 0. The highest BCUT2D eigenvalue weighted by Gasteiger charge is 2.20. The van der Waals surface area contributed by atoms with Crippen LogP contribution in [0, 0.1) is 17.8 Å². The number of carbonyl (C=O) groups is 1. The third-order valence-corrected chi connectivity index (χ3v) is 3.72. The number of amides is 1. The molecule has 0 aliphatic heterocycles. The lowest BCUT2D eigenvalue weighted by Crippen LogP contribution is -2.38. The summed E-state index contributed by atoms with van der Waals surface area (Å²) in [4.78, 5) is 11.8. The molecule has 0 spiro atoms. The van der Waals surface area contributed by atoms with Crippen LogP contribution >= 0.6 is 0 Å². The van der Waals surface area contributed by atoms with Crippen molar-refractivity contribution in [1.82, 2.24) is 5.32 Å². The summed E-state index contributed by atoms with van der Waals surface area (Å²) in [5.41, 5.74) is 5.61. The van der Waals surface area contributed by atoms with Gasteiger partial charge in [0.1, 0.15) is 0 Å². The van der Waals surface area contributed by atoms with E-state index in [2.05, 4.69) is 5.32 Å². The standard InChI is InChI=1S/C13H26N2O/c1-10(2)12(9-14)13(16)15-8-7-11-5-3-4-6-11/h10-12H,3-9,14H2,1-2H3,(H,15,16). The van der Waals surface area contributed by atoms with Crippen LogP contribution in [0.3, 0.4) is 0 Å². The Balaban J connectivity index is 2.17. The van der Waals surface area contributed by atoms with Gasteiger partial charge in [-0.25, -0.2) is 0 Å². The van der Waals surface area contributed by atoms with Gasteiger partial charge in [0, 0.05) is 13.1 Å². The Morgan fingerprint density at radius 3 is 2.50 bits per heavy atom. The molecule has 3 N–H and O–H groups in total. The number of hydrogen-bond acceptors (Lipinski definition) is 2. The Morgan fingerprint density at radius 1 is 1.38 bits per heavy atom. The van der Waals surface area contributed by atoms with Crippen molar-refractivity contribution in [2.45, 2.75) is 46.0 Å². The van der Waals surface area contributed by atoms with Crippen LogP contribution in [-0.4, -0.2) is 19.0 Å². The molecule has 0 bridgehead atoms. The molecule has 1 atom stereocenters. The Morgan fingerprint density at radius 2 is 2.00 bits per heavy atom. The van der Waals surface area contributed by atoms with Crippen molar-refractivity contribution < 1.29 is 4.79 Å². The van der Waals surface area contributed by atoms with Crippen molar-refractivity contribution >= 4 is 5.91 Å². The molecule has 0 aromatic rings. The van der Waals surface area contributed by atoms with Crippen LogP contribution in [0.25, 0.3) is 0 Å². The van der Waals surface area contributed by atoms with Gasteiger partial charge in [-0.2, -0.15) is 0 Å². The van der Waals surface area contributed by atoms with Crippen LogP contribution in [0.4, 0.5) is 0 Å². The van der Waals surface area contributed by atoms with Crippen LogP contribution in [0.15, 0.2) is 0 Å². The molecule has 1 aliphatic rings. The second-order valence-corrected chi connectivity index (χ2v) is 5.32. The van der Waals surface area contributed by atoms with E-state index in [9.17, 15) is 4.79 Å². The van der Waals surface area contributed by atoms with Crippen molar-refractivity contribution in [1.29, 1.82) is 0 Å². The Bertz CT molecular complexity index is 210. The number of nitrogens with one attached hydrogen (secondary N) is 1. The van der Waals surface area contributed by atoms with Crippen LogP contribution in [-0.2, 0) is 4.79 Å².